The molecule has 0 radical (unpaired) electrons. The van der Waals surface area contributed by atoms with Gasteiger partial charge in [-0.3, -0.25) is 0 Å². The summed E-state index contributed by atoms with van der Waals surface area (Å²) in [5.74, 6) is 2.24. The van der Waals surface area contributed by atoms with Gasteiger partial charge >= 0.3 is 0 Å². The van der Waals surface area contributed by atoms with Gasteiger partial charge in [0.25, 0.3) is 0 Å². The highest BCUT2D eigenvalue weighted by Gasteiger charge is 2.23. The highest BCUT2D eigenvalue weighted by atomic mass is 16.5. The molecule has 0 saturated heterocycles. The Morgan fingerprint density at radius 2 is 2.05 bits per heavy atom. The molecule has 2 aromatic rings. The van der Waals surface area contributed by atoms with Gasteiger partial charge in [-0.1, -0.05) is 24.3 Å². The summed E-state index contributed by atoms with van der Waals surface area (Å²) in [6, 6.07) is 8.11. The average Bonchev–Trinajstić information content (AvgIpc) is 3.14. The van der Waals surface area contributed by atoms with Crippen molar-refractivity contribution in [2.24, 2.45) is 5.92 Å². The first-order valence-corrected chi connectivity index (χ1v) is 7.43. The molecule has 0 aliphatic heterocycles. The number of nitrogens with zero attached hydrogens (tertiary/aromatic N) is 3. The van der Waals surface area contributed by atoms with Crippen molar-refractivity contribution in [1.82, 2.24) is 15.0 Å². The van der Waals surface area contributed by atoms with E-state index in [4.69, 9.17) is 9.47 Å². The molecule has 5 nitrogen and oxygen atoms in total. The highest BCUT2D eigenvalue weighted by Crippen LogP contribution is 2.33. The van der Waals surface area contributed by atoms with Crippen molar-refractivity contribution in [1.29, 1.82) is 0 Å². The maximum absolute atomic E-state index is 5.77. The molecule has 1 saturated carbocycles. The molecule has 0 spiro atoms. The van der Waals surface area contributed by atoms with E-state index in [1.54, 1.807) is 7.11 Å². The summed E-state index contributed by atoms with van der Waals surface area (Å²) in [5.41, 5.74) is 0.848. The van der Waals surface area contributed by atoms with Crippen LogP contribution >= 0.6 is 0 Å². The number of rotatable bonds is 5. The smallest absolute Gasteiger partial charge is 0.161 e. The van der Waals surface area contributed by atoms with Gasteiger partial charge in [0.15, 0.2) is 11.5 Å². The van der Waals surface area contributed by atoms with Crippen LogP contribution in [-0.4, -0.2) is 22.1 Å². The van der Waals surface area contributed by atoms with E-state index in [1.165, 1.54) is 19.3 Å². The summed E-state index contributed by atoms with van der Waals surface area (Å²) in [6.07, 6.45) is 5.66. The summed E-state index contributed by atoms with van der Waals surface area (Å²) < 4.78 is 13.0. The molecule has 0 bridgehead atoms. The summed E-state index contributed by atoms with van der Waals surface area (Å²) >= 11 is 0. The van der Waals surface area contributed by atoms with Gasteiger partial charge in [-0.25, -0.2) is 4.68 Å². The van der Waals surface area contributed by atoms with Crippen LogP contribution in [-0.2, 0) is 6.61 Å². The molecule has 1 aliphatic rings. The molecule has 1 heterocycles. The van der Waals surface area contributed by atoms with Gasteiger partial charge in [0, 0.05) is 0 Å². The van der Waals surface area contributed by atoms with Gasteiger partial charge < -0.3 is 9.47 Å². The fourth-order valence-corrected chi connectivity index (χ4v) is 2.87. The van der Waals surface area contributed by atoms with Gasteiger partial charge in [0.05, 0.1) is 19.3 Å². The van der Waals surface area contributed by atoms with Crippen LogP contribution in [0.4, 0.5) is 0 Å². The van der Waals surface area contributed by atoms with Crippen LogP contribution in [0.5, 0.6) is 11.5 Å². The first-order chi connectivity index (χ1) is 10.3. The molecular weight excluding hydrogens is 266 g/mol. The minimum absolute atomic E-state index is 0.405. The molecule has 1 aromatic carbocycles. The van der Waals surface area contributed by atoms with Crippen LogP contribution in [0, 0.1) is 5.92 Å². The molecule has 0 amide bonds. The van der Waals surface area contributed by atoms with Crippen LogP contribution in [0.3, 0.4) is 0 Å². The summed E-state index contributed by atoms with van der Waals surface area (Å²) in [4.78, 5) is 0. The number of hydrogen-bond donors (Lipinski definition) is 0. The Morgan fingerprint density at radius 3 is 2.76 bits per heavy atom. The minimum Gasteiger partial charge on any atom is -0.493 e. The van der Waals surface area contributed by atoms with E-state index in [1.807, 2.05) is 35.1 Å². The van der Waals surface area contributed by atoms with Crippen LogP contribution in [0.15, 0.2) is 30.5 Å². The molecule has 3 rings (SSSR count). The largest absolute Gasteiger partial charge is 0.493 e. The van der Waals surface area contributed by atoms with Crippen molar-refractivity contribution >= 4 is 0 Å². The number of benzene rings is 1. The van der Waals surface area contributed by atoms with Crippen molar-refractivity contribution in [3.8, 4) is 11.5 Å². The molecule has 2 atom stereocenters. The van der Waals surface area contributed by atoms with E-state index < -0.39 is 0 Å². The number of ether oxygens (including phenoxy) is 2. The Bertz CT molecular complexity index is 597. The fraction of sp³-hybridized carbons (Fsp3) is 0.500. The van der Waals surface area contributed by atoms with Crippen molar-refractivity contribution in [2.45, 2.75) is 38.8 Å². The monoisotopic (exact) mass is 287 g/mol. The second kappa shape index (κ2) is 6.16. The van der Waals surface area contributed by atoms with E-state index in [0.29, 0.717) is 12.6 Å². The highest BCUT2D eigenvalue weighted by molar-refractivity contribution is 5.39. The average molecular weight is 287 g/mol. The lowest BCUT2D eigenvalue weighted by Crippen LogP contribution is -2.05. The first kappa shape index (κ1) is 13.9. The zero-order valence-electron chi connectivity index (χ0n) is 12.5. The Labute approximate surface area is 124 Å². The van der Waals surface area contributed by atoms with E-state index >= 15 is 0 Å². The summed E-state index contributed by atoms with van der Waals surface area (Å²) in [6.45, 7) is 2.70. The van der Waals surface area contributed by atoms with Gasteiger partial charge in [0.1, 0.15) is 12.3 Å². The van der Waals surface area contributed by atoms with Crippen molar-refractivity contribution in [3.63, 3.8) is 0 Å². The molecule has 0 N–H and O–H groups in total. The molecule has 1 aliphatic carbocycles. The van der Waals surface area contributed by atoms with E-state index in [2.05, 4.69) is 17.2 Å². The molecule has 1 aromatic heterocycles. The SMILES string of the molecule is COc1ccccc1OCc1cn(C2CCC(C)C2)nn1. The second-order valence-electron chi connectivity index (χ2n) is 5.70. The van der Waals surface area contributed by atoms with Gasteiger partial charge in [-0.15, -0.1) is 5.10 Å². The molecule has 21 heavy (non-hydrogen) atoms. The molecule has 5 heteroatoms. The van der Waals surface area contributed by atoms with Crippen LogP contribution < -0.4 is 9.47 Å². The maximum atomic E-state index is 5.77. The van der Waals surface area contributed by atoms with E-state index in [9.17, 15) is 0 Å². The lowest BCUT2D eigenvalue weighted by atomic mass is 10.1. The lowest BCUT2D eigenvalue weighted by Gasteiger charge is -2.09. The number of aromatic nitrogens is 3. The van der Waals surface area contributed by atoms with Gasteiger partial charge in [-0.05, 0) is 37.3 Å². The van der Waals surface area contributed by atoms with Gasteiger partial charge in [-0.2, -0.15) is 0 Å². The molecule has 1 fully saturated rings. The standard InChI is InChI=1S/C16H21N3O2/c1-12-7-8-14(9-12)19-10-13(17-18-19)11-21-16-6-4-3-5-15(16)20-2/h3-6,10,12,14H,7-9,11H2,1-2H3. The molecule has 2 unspecified atom stereocenters. The topological polar surface area (TPSA) is 49.2 Å². The minimum atomic E-state index is 0.405. The second-order valence-corrected chi connectivity index (χ2v) is 5.70. The fourth-order valence-electron chi connectivity index (χ4n) is 2.87. The lowest BCUT2D eigenvalue weighted by molar-refractivity contribution is 0.280. The number of methoxy groups -OCH3 is 1. The maximum Gasteiger partial charge on any atom is 0.161 e. The van der Waals surface area contributed by atoms with Crippen molar-refractivity contribution in [2.75, 3.05) is 7.11 Å². The summed E-state index contributed by atoms with van der Waals surface area (Å²) in [7, 11) is 1.64. The van der Waals surface area contributed by atoms with Crippen LogP contribution in [0.25, 0.3) is 0 Å². The third-order valence-corrected chi connectivity index (χ3v) is 4.04. The van der Waals surface area contributed by atoms with Crippen LogP contribution in [0.2, 0.25) is 0 Å². The van der Waals surface area contributed by atoms with E-state index in [0.717, 1.165) is 23.1 Å². The van der Waals surface area contributed by atoms with Crippen LogP contribution in [0.1, 0.15) is 37.9 Å². The predicted molar refractivity (Wildman–Crippen MR) is 79.4 cm³/mol. The third kappa shape index (κ3) is 3.17. The van der Waals surface area contributed by atoms with Gasteiger partial charge in [0.2, 0.25) is 0 Å². The Hall–Kier alpha value is -2.04. The molecule has 112 valence electrons. The Balaban J connectivity index is 1.62. The predicted octanol–water partition coefficient (Wildman–Crippen LogP) is 3.23. The van der Waals surface area contributed by atoms with E-state index in [-0.39, 0.29) is 0 Å². The zero-order chi connectivity index (χ0) is 14.7. The number of para-hydroxylation sites is 2. The third-order valence-electron chi connectivity index (χ3n) is 4.04. The Kier molecular flexibility index (Phi) is 4.08. The first-order valence-electron chi connectivity index (χ1n) is 7.43. The Morgan fingerprint density at radius 1 is 1.24 bits per heavy atom. The van der Waals surface area contributed by atoms with Crippen molar-refractivity contribution < 1.29 is 9.47 Å². The number of hydrogen-bond acceptors (Lipinski definition) is 4. The normalized spacial score (nSPS) is 21.4. The molecular formula is C16H21N3O2. The quantitative estimate of drug-likeness (QED) is 0.847. The summed E-state index contributed by atoms with van der Waals surface area (Å²) in [5, 5.41) is 8.45. The zero-order valence-corrected chi connectivity index (χ0v) is 12.5. The van der Waals surface area contributed by atoms with Crippen molar-refractivity contribution in [3.05, 3.63) is 36.2 Å².